The van der Waals surface area contributed by atoms with Crippen LogP contribution in [0.15, 0.2) is 36.5 Å². The zero-order valence-electron chi connectivity index (χ0n) is 9.40. The van der Waals surface area contributed by atoms with Crippen molar-refractivity contribution in [2.75, 3.05) is 0 Å². The highest BCUT2D eigenvalue weighted by molar-refractivity contribution is 7.11. The van der Waals surface area contributed by atoms with Crippen LogP contribution in [0.2, 0.25) is 0 Å². The monoisotopic (exact) mass is 273 g/mol. The van der Waals surface area contributed by atoms with E-state index in [1.165, 1.54) is 6.92 Å². The van der Waals surface area contributed by atoms with E-state index in [1.54, 1.807) is 30.3 Å². The molecule has 0 saturated carbocycles. The maximum absolute atomic E-state index is 12.5. The smallest absolute Gasteiger partial charge is 0.380 e. The molecule has 2 rings (SSSR count). The molecule has 0 bridgehead atoms. The molecule has 1 aromatic heterocycles. The van der Waals surface area contributed by atoms with Gasteiger partial charge in [0.05, 0.1) is 4.88 Å². The summed E-state index contributed by atoms with van der Waals surface area (Å²) < 4.78 is 37.4. The van der Waals surface area contributed by atoms with E-state index in [1.807, 2.05) is 0 Å². The Morgan fingerprint density at radius 2 is 1.78 bits per heavy atom. The summed E-state index contributed by atoms with van der Waals surface area (Å²) in [6.45, 7) is 1.45. The number of benzene rings is 1. The van der Waals surface area contributed by atoms with E-state index in [9.17, 15) is 18.3 Å². The second-order valence-electron chi connectivity index (χ2n) is 3.97. The maximum Gasteiger partial charge on any atom is 0.443 e. The van der Waals surface area contributed by atoms with Crippen molar-refractivity contribution in [2.24, 2.45) is 0 Å². The van der Waals surface area contributed by atoms with Gasteiger partial charge in [0.15, 0.2) is 5.01 Å². The molecule has 2 aromatic rings. The fourth-order valence-electron chi connectivity index (χ4n) is 1.54. The van der Waals surface area contributed by atoms with Crippen LogP contribution in [0.4, 0.5) is 13.2 Å². The number of halogens is 3. The first-order valence-corrected chi connectivity index (χ1v) is 5.95. The molecule has 0 radical (unpaired) electrons. The highest BCUT2D eigenvalue weighted by Gasteiger charge is 2.37. The molecule has 0 aliphatic heterocycles. The average molecular weight is 273 g/mol. The van der Waals surface area contributed by atoms with Crippen molar-refractivity contribution >= 4 is 11.3 Å². The minimum absolute atomic E-state index is 0.168. The van der Waals surface area contributed by atoms with Crippen molar-refractivity contribution in [1.29, 1.82) is 0 Å². The van der Waals surface area contributed by atoms with Gasteiger partial charge in [-0.15, -0.1) is 11.3 Å². The standard InChI is InChI=1S/C12H10F3NOS/c1-11(17,8-5-3-2-4-6-8)9-7-16-10(18-9)12(13,14)15/h2-7,17H,1H3. The minimum Gasteiger partial charge on any atom is -0.380 e. The lowest BCUT2D eigenvalue weighted by atomic mass is 9.95. The summed E-state index contributed by atoms with van der Waals surface area (Å²) in [5.74, 6) is 0. The molecule has 1 atom stereocenters. The average Bonchev–Trinajstić information content (AvgIpc) is 2.79. The molecule has 6 heteroatoms. The third-order valence-corrected chi connectivity index (χ3v) is 3.82. The van der Waals surface area contributed by atoms with Crippen LogP contribution < -0.4 is 0 Å². The highest BCUT2D eigenvalue weighted by atomic mass is 32.1. The highest BCUT2D eigenvalue weighted by Crippen LogP contribution is 2.38. The Balaban J connectivity index is 2.40. The number of rotatable bonds is 2. The van der Waals surface area contributed by atoms with Gasteiger partial charge >= 0.3 is 6.18 Å². The van der Waals surface area contributed by atoms with Crippen molar-refractivity contribution in [3.63, 3.8) is 0 Å². The van der Waals surface area contributed by atoms with Gasteiger partial charge in [0.2, 0.25) is 0 Å². The molecule has 0 saturated heterocycles. The Morgan fingerprint density at radius 3 is 2.28 bits per heavy atom. The van der Waals surface area contributed by atoms with E-state index < -0.39 is 16.8 Å². The number of hydrogen-bond donors (Lipinski definition) is 1. The molecule has 96 valence electrons. The second-order valence-corrected chi connectivity index (χ2v) is 5.00. The normalized spacial score (nSPS) is 15.4. The van der Waals surface area contributed by atoms with Crippen LogP contribution in [0.25, 0.3) is 0 Å². The lowest BCUT2D eigenvalue weighted by molar-refractivity contribution is -0.137. The van der Waals surface area contributed by atoms with Crippen molar-refractivity contribution in [2.45, 2.75) is 18.7 Å². The molecule has 0 aliphatic carbocycles. The zero-order valence-corrected chi connectivity index (χ0v) is 10.2. The van der Waals surface area contributed by atoms with Crippen molar-refractivity contribution in [1.82, 2.24) is 4.98 Å². The van der Waals surface area contributed by atoms with Crippen molar-refractivity contribution in [3.05, 3.63) is 52.0 Å². The van der Waals surface area contributed by atoms with Gasteiger partial charge in [-0.3, -0.25) is 0 Å². The Labute approximate surface area is 106 Å². The minimum atomic E-state index is -4.48. The molecular formula is C12H10F3NOS. The zero-order chi connectivity index (χ0) is 13.4. The van der Waals surface area contributed by atoms with Gasteiger partial charge < -0.3 is 5.11 Å². The number of aliphatic hydroxyl groups is 1. The fraction of sp³-hybridized carbons (Fsp3) is 0.250. The van der Waals surface area contributed by atoms with Gasteiger partial charge in [-0.1, -0.05) is 30.3 Å². The molecule has 1 aromatic carbocycles. The van der Waals surface area contributed by atoms with Crippen molar-refractivity contribution in [3.8, 4) is 0 Å². The number of alkyl halides is 3. The molecule has 1 heterocycles. The number of hydrogen-bond acceptors (Lipinski definition) is 3. The van der Waals surface area contributed by atoms with Gasteiger partial charge in [0.1, 0.15) is 5.60 Å². The van der Waals surface area contributed by atoms with Crippen LogP contribution in [-0.2, 0) is 11.8 Å². The van der Waals surface area contributed by atoms with Crippen LogP contribution >= 0.6 is 11.3 Å². The summed E-state index contributed by atoms with van der Waals surface area (Å²) >= 11 is 0.455. The molecule has 0 aliphatic rings. The molecule has 1 unspecified atom stereocenters. The molecule has 2 nitrogen and oxygen atoms in total. The summed E-state index contributed by atoms with van der Waals surface area (Å²) in [7, 11) is 0. The Bertz CT molecular complexity index is 534. The quantitative estimate of drug-likeness (QED) is 0.909. The topological polar surface area (TPSA) is 33.1 Å². The molecule has 0 spiro atoms. The first kappa shape index (κ1) is 13.0. The van der Waals surface area contributed by atoms with E-state index in [0.717, 1.165) is 6.20 Å². The fourth-order valence-corrected chi connectivity index (χ4v) is 2.39. The van der Waals surface area contributed by atoms with Crippen LogP contribution in [-0.4, -0.2) is 10.1 Å². The number of nitrogens with zero attached hydrogens (tertiary/aromatic N) is 1. The molecule has 18 heavy (non-hydrogen) atoms. The van der Waals surface area contributed by atoms with Gasteiger partial charge in [-0.2, -0.15) is 13.2 Å². The number of thiazole rings is 1. The van der Waals surface area contributed by atoms with Gasteiger partial charge in [-0.25, -0.2) is 4.98 Å². The van der Waals surface area contributed by atoms with Crippen LogP contribution in [0.1, 0.15) is 22.4 Å². The first-order valence-electron chi connectivity index (χ1n) is 5.13. The Morgan fingerprint density at radius 1 is 1.17 bits per heavy atom. The Hall–Kier alpha value is -1.40. The third-order valence-electron chi connectivity index (χ3n) is 2.56. The van der Waals surface area contributed by atoms with Crippen LogP contribution in [0.3, 0.4) is 0 Å². The van der Waals surface area contributed by atoms with Gasteiger partial charge in [0, 0.05) is 6.20 Å². The summed E-state index contributed by atoms with van der Waals surface area (Å²) in [6, 6.07) is 8.53. The largest absolute Gasteiger partial charge is 0.443 e. The van der Waals surface area contributed by atoms with Gasteiger partial charge in [0.25, 0.3) is 0 Å². The summed E-state index contributed by atoms with van der Waals surface area (Å²) in [5, 5.41) is 9.39. The lowest BCUT2D eigenvalue weighted by Gasteiger charge is -2.21. The molecule has 1 N–H and O–H groups in total. The van der Waals surface area contributed by atoms with E-state index in [2.05, 4.69) is 4.98 Å². The SMILES string of the molecule is CC(O)(c1ccccc1)c1cnc(C(F)(F)F)s1. The van der Waals surface area contributed by atoms with Crippen LogP contribution in [0.5, 0.6) is 0 Å². The summed E-state index contributed by atoms with van der Waals surface area (Å²) in [4.78, 5) is 3.48. The Kier molecular flexibility index (Phi) is 3.16. The lowest BCUT2D eigenvalue weighted by Crippen LogP contribution is -2.21. The predicted molar refractivity (Wildman–Crippen MR) is 62.2 cm³/mol. The predicted octanol–water partition coefficient (Wildman–Crippen LogP) is 3.42. The maximum atomic E-state index is 12.5. The van der Waals surface area contributed by atoms with Crippen LogP contribution in [0, 0.1) is 0 Å². The van der Waals surface area contributed by atoms with E-state index in [4.69, 9.17) is 0 Å². The summed E-state index contributed by atoms with van der Waals surface area (Å²) in [6.07, 6.45) is -3.41. The van der Waals surface area contributed by atoms with Crippen molar-refractivity contribution < 1.29 is 18.3 Å². The summed E-state index contributed by atoms with van der Waals surface area (Å²) in [5.41, 5.74) is -0.940. The molecular weight excluding hydrogens is 263 g/mol. The van der Waals surface area contributed by atoms with Gasteiger partial charge in [-0.05, 0) is 12.5 Å². The van der Waals surface area contributed by atoms with E-state index in [0.29, 0.717) is 16.9 Å². The first-order chi connectivity index (χ1) is 8.32. The molecule has 0 amide bonds. The third kappa shape index (κ3) is 2.39. The van der Waals surface area contributed by atoms with E-state index in [-0.39, 0.29) is 4.88 Å². The second kappa shape index (κ2) is 4.37. The number of aromatic nitrogens is 1. The molecule has 0 fully saturated rings. The van der Waals surface area contributed by atoms with E-state index >= 15 is 0 Å².